The fraction of sp³-hybridized carbons (Fsp3) is 0.235. The molecule has 0 spiro atoms. The molecule has 5 nitrogen and oxygen atoms in total. The van der Waals surface area contributed by atoms with Crippen molar-refractivity contribution in [2.24, 2.45) is 0 Å². The van der Waals surface area contributed by atoms with Crippen molar-refractivity contribution in [3.05, 3.63) is 46.7 Å². The van der Waals surface area contributed by atoms with E-state index >= 15 is 0 Å². The summed E-state index contributed by atoms with van der Waals surface area (Å²) in [7, 11) is 0. The Morgan fingerprint density at radius 1 is 1.21 bits per heavy atom. The van der Waals surface area contributed by atoms with Crippen molar-refractivity contribution in [2.75, 3.05) is 17.6 Å². The summed E-state index contributed by atoms with van der Waals surface area (Å²) in [6.07, 6.45) is 0. The second-order valence-electron chi connectivity index (χ2n) is 5.05. The van der Waals surface area contributed by atoms with Crippen molar-refractivity contribution in [3.63, 3.8) is 0 Å². The lowest BCUT2D eigenvalue weighted by atomic mass is 10.2. The molecule has 1 aromatic carbocycles. The molecule has 0 saturated carbocycles. The first-order valence-corrected chi connectivity index (χ1v) is 9.55. The van der Waals surface area contributed by atoms with E-state index in [9.17, 15) is 4.79 Å². The van der Waals surface area contributed by atoms with Crippen molar-refractivity contribution < 1.29 is 4.79 Å². The maximum absolute atomic E-state index is 12.0. The quantitative estimate of drug-likeness (QED) is 0.499. The number of aromatic nitrogens is 2. The van der Waals surface area contributed by atoms with Crippen LogP contribution in [0.3, 0.4) is 0 Å². The lowest BCUT2D eigenvalue weighted by Gasteiger charge is -2.09. The summed E-state index contributed by atoms with van der Waals surface area (Å²) in [6, 6.07) is 11.9. The highest BCUT2D eigenvalue weighted by Gasteiger charge is 2.09. The van der Waals surface area contributed by atoms with Crippen LogP contribution >= 0.6 is 23.1 Å². The summed E-state index contributed by atoms with van der Waals surface area (Å²) < 4.78 is 0. The number of para-hydroxylation sites is 1. The summed E-state index contributed by atoms with van der Waals surface area (Å²) in [5.74, 6) is 1.09. The molecule has 3 aromatic rings. The first-order chi connectivity index (χ1) is 11.8. The van der Waals surface area contributed by atoms with Gasteiger partial charge in [0.1, 0.15) is 5.82 Å². The third-order valence-electron chi connectivity index (χ3n) is 3.30. The summed E-state index contributed by atoms with van der Waals surface area (Å²) in [4.78, 5) is 22.2. The predicted octanol–water partition coefficient (Wildman–Crippen LogP) is 3.53. The van der Waals surface area contributed by atoms with E-state index in [-0.39, 0.29) is 5.91 Å². The van der Waals surface area contributed by atoms with Crippen LogP contribution in [0.2, 0.25) is 0 Å². The SMILES string of the molecule is CCNc1nc(SCC(=O)NCc2cccs2)nc2ccccc12. The molecule has 0 radical (unpaired) electrons. The minimum atomic E-state index is -0.0184. The molecular formula is C17H18N4OS2. The molecule has 24 heavy (non-hydrogen) atoms. The Hall–Kier alpha value is -2.12. The molecule has 3 rings (SSSR count). The van der Waals surface area contributed by atoms with Gasteiger partial charge in [-0.15, -0.1) is 11.3 Å². The van der Waals surface area contributed by atoms with E-state index in [1.807, 2.05) is 48.7 Å². The van der Waals surface area contributed by atoms with E-state index in [2.05, 4.69) is 20.6 Å². The van der Waals surface area contributed by atoms with Crippen molar-refractivity contribution in [3.8, 4) is 0 Å². The van der Waals surface area contributed by atoms with E-state index in [4.69, 9.17) is 0 Å². The van der Waals surface area contributed by atoms with Crippen LogP contribution in [-0.2, 0) is 11.3 Å². The summed E-state index contributed by atoms with van der Waals surface area (Å²) in [5, 5.41) is 9.77. The van der Waals surface area contributed by atoms with Gasteiger partial charge >= 0.3 is 0 Å². The lowest BCUT2D eigenvalue weighted by molar-refractivity contribution is -0.118. The maximum atomic E-state index is 12.0. The number of thiophene rings is 1. The molecule has 1 amide bonds. The number of amides is 1. The number of carbonyl (C=O) groups excluding carboxylic acids is 1. The van der Waals surface area contributed by atoms with Gasteiger partial charge in [-0.3, -0.25) is 4.79 Å². The number of thioether (sulfide) groups is 1. The normalized spacial score (nSPS) is 10.7. The monoisotopic (exact) mass is 358 g/mol. The molecule has 2 N–H and O–H groups in total. The fourth-order valence-electron chi connectivity index (χ4n) is 2.20. The molecule has 0 bridgehead atoms. The number of rotatable bonds is 7. The molecule has 0 unspecified atom stereocenters. The number of hydrogen-bond donors (Lipinski definition) is 2. The standard InChI is InChI=1S/C17H18N4OS2/c1-2-18-16-13-7-3-4-8-14(13)20-17(21-16)24-11-15(22)19-10-12-6-5-9-23-12/h3-9H,2,10-11H2,1H3,(H,19,22)(H,18,20,21). The van der Waals surface area contributed by atoms with E-state index in [1.165, 1.54) is 11.8 Å². The predicted molar refractivity (Wildman–Crippen MR) is 101 cm³/mol. The zero-order valence-corrected chi connectivity index (χ0v) is 14.9. The van der Waals surface area contributed by atoms with Crippen LogP contribution in [-0.4, -0.2) is 28.2 Å². The van der Waals surface area contributed by atoms with Crippen LogP contribution in [0.15, 0.2) is 46.9 Å². The van der Waals surface area contributed by atoms with Gasteiger partial charge in [0.2, 0.25) is 5.91 Å². The number of fused-ring (bicyclic) bond motifs is 1. The number of hydrogen-bond acceptors (Lipinski definition) is 6. The summed E-state index contributed by atoms with van der Waals surface area (Å²) >= 11 is 2.98. The first-order valence-electron chi connectivity index (χ1n) is 7.69. The Morgan fingerprint density at radius 3 is 2.88 bits per heavy atom. The van der Waals surface area contributed by atoms with Crippen molar-refractivity contribution in [1.29, 1.82) is 0 Å². The van der Waals surface area contributed by atoms with Crippen LogP contribution in [0.4, 0.5) is 5.82 Å². The molecule has 2 heterocycles. The van der Waals surface area contributed by atoms with Gasteiger partial charge < -0.3 is 10.6 Å². The largest absolute Gasteiger partial charge is 0.370 e. The van der Waals surface area contributed by atoms with Crippen LogP contribution in [0, 0.1) is 0 Å². The molecule has 0 aliphatic rings. The van der Waals surface area contributed by atoms with Gasteiger partial charge in [0.15, 0.2) is 5.16 Å². The zero-order valence-electron chi connectivity index (χ0n) is 13.3. The molecule has 0 atom stereocenters. The molecule has 124 valence electrons. The van der Waals surface area contributed by atoms with Gasteiger partial charge in [-0.05, 0) is 30.5 Å². The second-order valence-corrected chi connectivity index (χ2v) is 7.02. The van der Waals surface area contributed by atoms with Gasteiger partial charge in [0.25, 0.3) is 0 Å². The van der Waals surface area contributed by atoms with Crippen molar-refractivity contribution in [1.82, 2.24) is 15.3 Å². The number of anilines is 1. The highest BCUT2D eigenvalue weighted by atomic mass is 32.2. The molecule has 0 aliphatic heterocycles. The van der Waals surface area contributed by atoms with Gasteiger partial charge in [0, 0.05) is 16.8 Å². The molecule has 0 aliphatic carbocycles. The lowest BCUT2D eigenvalue weighted by Crippen LogP contribution is -2.24. The highest BCUT2D eigenvalue weighted by Crippen LogP contribution is 2.24. The Bertz CT molecular complexity index is 821. The third-order valence-corrected chi connectivity index (χ3v) is 5.02. The maximum Gasteiger partial charge on any atom is 0.230 e. The average Bonchev–Trinajstić information content (AvgIpc) is 3.12. The average molecular weight is 358 g/mol. The molecule has 7 heteroatoms. The number of carbonyl (C=O) groups is 1. The molecular weight excluding hydrogens is 340 g/mol. The Balaban J connectivity index is 1.65. The number of benzene rings is 1. The van der Waals surface area contributed by atoms with Gasteiger partial charge in [-0.25, -0.2) is 9.97 Å². The second kappa shape index (κ2) is 8.12. The number of nitrogens with zero attached hydrogens (tertiary/aromatic N) is 2. The van der Waals surface area contributed by atoms with Gasteiger partial charge in [-0.2, -0.15) is 0 Å². The van der Waals surface area contributed by atoms with Gasteiger partial charge in [-0.1, -0.05) is 30.0 Å². The van der Waals surface area contributed by atoms with Crippen LogP contribution in [0.5, 0.6) is 0 Å². The minimum Gasteiger partial charge on any atom is -0.370 e. The Kier molecular flexibility index (Phi) is 5.66. The Morgan fingerprint density at radius 2 is 2.08 bits per heavy atom. The van der Waals surface area contributed by atoms with Crippen molar-refractivity contribution in [2.45, 2.75) is 18.6 Å². The van der Waals surface area contributed by atoms with Crippen LogP contribution < -0.4 is 10.6 Å². The van der Waals surface area contributed by atoms with Crippen molar-refractivity contribution >= 4 is 45.7 Å². The van der Waals surface area contributed by atoms with E-state index in [0.29, 0.717) is 17.5 Å². The van der Waals surface area contributed by atoms with Gasteiger partial charge in [0.05, 0.1) is 17.8 Å². The third kappa shape index (κ3) is 4.24. The first kappa shape index (κ1) is 16.7. The smallest absolute Gasteiger partial charge is 0.230 e. The van der Waals surface area contributed by atoms with Crippen LogP contribution in [0.25, 0.3) is 10.9 Å². The highest BCUT2D eigenvalue weighted by molar-refractivity contribution is 7.99. The van der Waals surface area contributed by atoms with E-state index in [1.54, 1.807) is 11.3 Å². The topological polar surface area (TPSA) is 66.9 Å². The molecule has 0 fully saturated rings. The number of nitrogens with one attached hydrogen (secondary N) is 2. The van der Waals surface area contributed by atoms with Crippen LogP contribution in [0.1, 0.15) is 11.8 Å². The van der Waals surface area contributed by atoms with E-state index in [0.717, 1.165) is 28.1 Å². The molecule has 2 aromatic heterocycles. The fourth-order valence-corrected chi connectivity index (χ4v) is 3.53. The Labute approximate surface area is 148 Å². The molecule has 0 saturated heterocycles. The zero-order chi connectivity index (χ0) is 16.8. The summed E-state index contributed by atoms with van der Waals surface area (Å²) in [5.41, 5.74) is 0.880. The van der Waals surface area contributed by atoms with E-state index < -0.39 is 0 Å². The summed E-state index contributed by atoms with van der Waals surface area (Å²) in [6.45, 7) is 3.38. The minimum absolute atomic E-state index is 0.0184.